The fourth-order valence-corrected chi connectivity index (χ4v) is 1.44. The van der Waals surface area contributed by atoms with Crippen LogP contribution in [0.1, 0.15) is 25.8 Å². The molecule has 2 N–H and O–H groups in total. The average molecular weight is 233 g/mol. The maximum atomic E-state index is 11.5. The summed E-state index contributed by atoms with van der Waals surface area (Å²) in [6.45, 7) is 4.11. The summed E-state index contributed by atoms with van der Waals surface area (Å²) in [5.41, 5.74) is 1.97. The Kier molecular flexibility index (Phi) is 5.43. The summed E-state index contributed by atoms with van der Waals surface area (Å²) in [6.07, 6.45) is 1.77. The zero-order chi connectivity index (χ0) is 12.7. The maximum Gasteiger partial charge on any atom is 0.244 e. The highest BCUT2D eigenvalue weighted by Gasteiger charge is 2.01. The highest BCUT2D eigenvalue weighted by Crippen LogP contribution is 2.11. The molecule has 92 valence electrons. The maximum absolute atomic E-state index is 11.5. The van der Waals surface area contributed by atoms with Gasteiger partial charge in [-0.25, -0.2) is 0 Å². The lowest BCUT2D eigenvalue weighted by Gasteiger charge is -2.05. The van der Waals surface area contributed by atoms with Crippen molar-refractivity contribution in [1.82, 2.24) is 5.32 Å². The molecule has 0 bridgehead atoms. The van der Waals surface area contributed by atoms with Crippen LogP contribution in [0.3, 0.4) is 0 Å². The van der Waals surface area contributed by atoms with E-state index < -0.39 is 0 Å². The van der Waals surface area contributed by atoms with Gasteiger partial charge in [0.25, 0.3) is 0 Å². The van der Waals surface area contributed by atoms with E-state index in [0.29, 0.717) is 13.0 Å². The van der Waals surface area contributed by atoms with Gasteiger partial charge in [0.2, 0.25) is 5.91 Å². The Hall–Kier alpha value is -1.61. The normalized spacial score (nSPS) is 13.2. The highest BCUT2D eigenvalue weighted by atomic mass is 16.3. The number of hydrogen-bond donors (Lipinski definition) is 2. The largest absolute Gasteiger partial charge is 0.393 e. The van der Waals surface area contributed by atoms with Gasteiger partial charge in [0.15, 0.2) is 0 Å². The number of aliphatic hydroxyl groups excluding tert-OH is 1. The van der Waals surface area contributed by atoms with Crippen LogP contribution >= 0.6 is 0 Å². The predicted molar refractivity (Wildman–Crippen MR) is 69.4 cm³/mol. The lowest BCUT2D eigenvalue weighted by molar-refractivity contribution is -0.116. The van der Waals surface area contributed by atoms with Gasteiger partial charge in [-0.3, -0.25) is 4.79 Å². The summed E-state index contributed by atoms with van der Waals surface area (Å²) in [5, 5.41) is 11.8. The molecule has 0 aliphatic rings. The first-order valence-corrected chi connectivity index (χ1v) is 5.79. The molecule has 0 aliphatic heterocycles. The van der Waals surface area contributed by atoms with E-state index in [1.807, 2.05) is 37.3 Å². The Morgan fingerprint density at radius 2 is 2.06 bits per heavy atom. The van der Waals surface area contributed by atoms with Crippen molar-refractivity contribution in [2.75, 3.05) is 6.54 Å². The van der Waals surface area contributed by atoms with Crippen molar-refractivity contribution in [3.8, 4) is 0 Å². The number of aliphatic hydroxyl groups is 1. The molecule has 0 radical (unpaired) electrons. The fourth-order valence-electron chi connectivity index (χ4n) is 1.44. The van der Waals surface area contributed by atoms with E-state index >= 15 is 0 Å². The molecule has 3 heteroatoms. The molecule has 1 aromatic rings. The first-order chi connectivity index (χ1) is 8.09. The van der Waals surface area contributed by atoms with E-state index in [9.17, 15) is 4.79 Å². The summed E-state index contributed by atoms with van der Waals surface area (Å²) in [6, 6.07) is 9.76. The van der Waals surface area contributed by atoms with Crippen molar-refractivity contribution in [2.24, 2.45) is 0 Å². The smallest absolute Gasteiger partial charge is 0.244 e. The zero-order valence-electron chi connectivity index (χ0n) is 10.3. The Labute approximate surface area is 102 Å². The van der Waals surface area contributed by atoms with Crippen molar-refractivity contribution < 1.29 is 9.90 Å². The van der Waals surface area contributed by atoms with Gasteiger partial charge in [-0.1, -0.05) is 30.3 Å². The molecule has 1 atom stereocenters. The summed E-state index contributed by atoms with van der Waals surface area (Å²) in [5.74, 6) is -0.119. The second kappa shape index (κ2) is 6.86. The van der Waals surface area contributed by atoms with Crippen molar-refractivity contribution >= 4 is 11.5 Å². The van der Waals surface area contributed by atoms with Gasteiger partial charge in [-0.05, 0) is 31.4 Å². The lowest BCUT2D eigenvalue weighted by atomic mass is 10.1. The van der Waals surface area contributed by atoms with Crippen LogP contribution in [0.15, 0.2) is 36.4 Å². The quantitative estimate of drug-likeness (QED) is 0.764. The zero-order valence-corrected chi connectivity index (χ0v) is 10.3. The van der Waals surface area contributed by atoms with Gasteiger partial charge in [-0.2, -0.15) is 0 Å². The topological polar surface area (TPSA) is 49.3 Å². The minimum absolute atomic E-state index is 0.119. The van der Waals surface area contributed by atoms with Crippen molar-refractivity contribution in [3.05, 3.63) is 42.0 Å². The minimum atomic E-state index is -0.380. The van der Waals surface area contributed by atoms with Crippen LogP contribution in [0, 0.1) is 0 Å². The molecule has 0 aliphatic carbocycles. The van der Waals surface area contributed by atoms with Gasteiger partial charge in [0, 0.05) is 12.6 Å². The van der Waals surface area contributed by atoms with E-state index in [-0.39, 0.29) is 12.0 Å². The molecule has 0 spiro atoms. The molecular formula is C14H19NO2. The molecule has 1 amide bonds. The van der Waals surface area contributed by atoms with Gasteiger partial charge in [0.1, 0.15) is 0 Å². The van der Waals surface area contributed by atoms with Crippen LogP contribution in [0.25, 0.3) is 5.57 Å². The molecular weight excluding hydrogens is 214 g/mol. The van der Waals surface area contributed by atoms with Gasteiger partial charge in [0.05, 0.1) is 6.10 Å². The Morgan fingerprint density at radius 3 is 2.65 bits per heavy atom. The summed E-state index contributed by atoms with van der Waals surface area (Å²) < 4.78 is 0. The van der Waals surface area contributed by atoms with Crippen molar-refractivity contribution in [2.45, 2.75) is 26.4 Å². The van der Waals surface area contributed by atoms with E-state index in [1.54, 1.807) is 13.0 Å². The molecule has 17 heavy (non-hydrogen) atoms. The van der Waals surface area contributed by atoms with Gasteiger partial charge >= 0.3 is 0 Å². The Bertz CT molecular complexity index is 382. The first kappa shape index (κ1) is 13.5. The third-order valence-electron chi connectivity index (χ3n) is 2.44. The number of nitrogens with one attached hydrogen (secondary N) is 1. The van der Waals surface area contributed by atoms with Crippen molar-refractivity contribution in [1.29, 1.82) is 0 Å². The Balaban J connectivity index is 2.49. The number of amides is 1. The molecule has 3 nitrogen and oxygen atoms in total. The number of hydrogen-bond acceptors (Lipinski definition) is 2. The van der Waals surface area contributed by atoms with Crippen molar-refractivity contribution in [3.63, 3.8) is 0 Å². The molecule has 0 heterocycles. The second-order valence-corrected chi connectivity index (χ2v) is 4.12. The summed E-state index contributed by atoms with van der Waals surface area (Å²) >= 11 is 0. The van der Waals surface area contributed by atoms with E-state index in [1.165, 1.54) is 0 Å². The first-order valence-electron chi connectivity index (χ1n) is 5.79. The van der Waals surface area contributed by atoms with E-state index in [2.05, 4.69) is 5.32 Å². The number of allylic oxidation sites excluding steroid dienone is 1. The van der Waals surface area contributed by atoms with E-state index in [4.69, 9.17) is 5.11 Å². The molecule has 0 saturated heterocycles. The third kappa shape index (κ3) is 5.31. The lowest BCUT2D eigenvalue weighted by Crippen LogP contribution is -2.24. The second-order valence-electron chi connectivity index (χ2n) is 4.12. The van der Waals surface area contributed by atoms with Crippen LogP contribution in [0.4, 0.5) is 0 Å². The van der Waals surface area contributed by atoms with Crippen LogP contribution in [-0.2, 0) is 4.79 Å². The number of rotatable bonds is 5. The SMILES string of the molecule is CC(=CC(=O)NCCC(C)O)c1ccccc1. The molecule has 0 aromatic heterocycles. The average Bonchev–Trinajstić information content (AvgIpc) is 2.29. The van der Waals surface area contributed by atoms with E-state index in [0.717, 1.165) is 11.1 Å². The monoisotopic (exact) mass is 233 g/mol. The summed E-state index contributed by atoms with van der Waals surface area (Å²) in [7, 11) is 0. The Morgan fingerprint density at radius 1 is 1.41 bits per heavy atom. The number of carbonyl (C=O) groups is 1. The van der Waals surface area contributed by atoms with Crippen LogP contribution in [0.5, 0.6) is 0 Å². The number of carbonyl (C=O) groups excluding carboxylic acids is 1. The van der Waals surface area contributed by atoms with Gasteiger partial charge in [-0.15, -0.1) is 0 Å². The molecule has 1 unspecified atom stereocenters. The molecule has 0 fully saturated rings. The van der Waals surface area contributed by atoms with Crippen LogP contribution in [-0.4, -0.2) is 23.7 Å². The van der Waals surface area contributed by atoms with Crippen LogP contribution in [0.2, 0.25) is 0 Å². The van der Waals surface area contributed by atoms with Crippen LogP contribution < -0.4 is 5.32 Å². The highest BCUT2D eigenvalue weighted by molar-refractivity contribution is 5.94. The fraction of sp³-hybridized carbons (Fsp3) is 0.357. The third-order valence-corrected chi connectivity index (χ3v) is 2.44. The molecule has 1 aromatic carbocycles. The predicted octanol–water partition coefficient (Wildman–Crippen LogP) is 1.98. The standard InChI is InChI=1S/C14H19NO2/c1-11(13-6-4-3-5-7-13)10-14(17)15-9-8-12(2)16/h3-7,10,12,16H,8-9H2,1-2H3,(H,15,17). The minimum Gasteiger partial charge on any atom is -0.393 e. The van der Waals surface area contributed by atoms with Gasteiger partial charge < -0.3 is 10.4 Å². The number of benzene rings is 1. The summed E-state index contributed by atoms with van der Waals surface area (Å²) in [4.78, 5) is 11.5. The molecule has 0 saturated carbocycles. The molecule has 1 rings (SSSR count).